The molecule has 1 aliphatic carbocycles. The van der Waals surface area contributed by atoms with Gasteiger partial charge in [0.2, 0.25) is 17.6 Å². The molecule has 2 aromatic heterocycles. The van der Waals surface area contributed by atoms with Crippen molar-refractivity contribution < 1.29 is 18.8 Å². The molecule has 1 saturated carbocycles. The Morgan fingerprint density at radius 2 is 2.06 bits per heavy atom. The largest absolute Gasteiger partial charge is 0.458 e. The normalized spacial score (nSPS) is 14.0. The number of anilines is 1. The van der Waals surface area contributed by atoms with Crippen LogP contribution in [0.3, 0.4) is 0 Å². The summed E-state index contributed by atoms with van der Waals surface area (Å²) in [5, 5.41) is 22.2. The third-order valence-corrected chi connectivity index (χ3v) is 5.82. The van der Waals surface area contributed by atoms with Crippen LogP contribution < -0.4 is 16.0 Å². The van der Waals surface area contributed by atoms with Crippen molar-refractivity contribution in [3.63, 3.8) is 0 Å². The molecule has 0 saturated heterocycles. The third kappa shape index (κ3) is 6.23. The quantitative estimate of drug-likeness (QED) is 0.153. The van der Waals surface area contributed by atoms with Crippen LogP contribution in [0.15, 0.2) is 46.8 Å². The summed E-state index contributed by atoms with van der Waals surface area (Å²) in [7, 11) is 1.57. The number of amides is 1. The Hall–Kier alpha value is -4.28. The number of aryl methyl sites for hydroxylation is 1. The van der Waals surface area contributed by atoms with Crippen LogP contribution in [0.25, 0.3) is 22.2 Å². The van der Waals surface area contributed by atoms with Crippen LogP contribution >= 0.6 is 0 Å². The maximum absolute atomic E-state index is 12.4. The highest BCUT2D eigenvalue weighted by atomic mass is 16.5. The lowest BCUT2D eigenvalue weighted by Gasteiger charge is -2.13. The molecule has 11 heteroatoms. The van der Waals surface area contributed by atoms with Crippen molar-refractivity contribution in [3.8, 4) is 11.4 Å². The summed E-state index contributed by atoms with van der Waals surface area (Å²) in [6.07, 6.45) is 6.76. The predicted molar refractivity (Wildman–Crippen MR) is 134 cm³/mol. The summed E-state index contributed by atoms with van der Waals surface area (Å²) in [5.74, 6) is 0.492. The number of hydrogen-bond donors (Lipinski definition) is 4. The molecule has 1 fully saturated rings. The summed E-state index contributed by atoms with van der Waals surface area (Å²) in [6.45, 7) is 2.03. The van der Waals surface area contributed by atoms with Gasteiger partial charge in [-0.3, -0.25) is 10.2 Å². The second-order valence-electron chi connectivity index (χ2n) is 8.49. The van der Waals surface area contributed by atoms with Crippen molar-refractivity contribution in [2.24, 2.45) is 0 Å². The zero-order valence-corrected chi connectivity index (χ0v) is 20.3. The van der Waals surface area contributed by atoms with Crippen molar-refractivity contribution in [1.82, 2.24) is 25.8 Å². The van der Waals surface area contributed by atoms with Crippen LogP contribution in [0.1, 0.15) is 38.0 Å². The fourth-order valence-electron chi connectivity index (χ4n) is 4.01. The zero-order valence-electron chi connectivity index (χ0n) is 20.3. The van der Waals surface area contributed by atoms with Gasteiger partial charge in [0.1, 0.15) is 23.5 Å². The van der Waals surface area contributed by atoms with Crippen molar-refractivity contribution in [1.29, 1.82) is 5.41 Å². The number of nitrogens with one attached hydrogen (secondary N) is 4. The fourth-order valence-corrected chi connectivity index (χ4v) is 4.01. The van der Waals surface area contributed by atoms with Gasteiger partial charge in [0.05, 0.1) is 0 Å². The number of amidine groups is 1. The van der Waals surface area contributed by atoms with E-state index < -0.39 is 5.97 Å². The van der Waals surface area contributed by atoms with Gasteiger partial charge in [0.25, 0.3) is 0 Å². The monoisotopic (exact) mass is 491 g/mol. The van der Waals surface area contributed by atoms with Crippen molar-refractivity contribution in [2.45, 2.75) is 45.1 Å². The number of pyridine rings is 1. The average molecular weight is 492 g/mol. The smallest absolute Gasteiger partial charge is 0.354 e. The number of carbonyl (C=O) groups is 2. The predicted octanol–water partition coefficient (Wildman–Crippen LogP) is 3.08. The van der Waals surface area contributed by atoms with Gasteiger partial charge in [0.15, 0.2) is 0 Å². The summed E-state index contributed by atoms with van der Waals surface area (Å²) >= 11 is 0. The number of nitrogens with zero attached hydrogens (tertiary/aromatic N) is 3. The number of hydrogen-bond acceptors (Lipinski definition) is 10. The van der Waals surface area contributed by atoms with E-state index in [1.54, 1.807) is 20.2 Å². The molecule has 1 amide bonds. The van der Waals surface area contributed by atoms with Gasteiger partial charge >= 0.3 is 5.97 Å². The Bertz CT molecular complexity index is 1290. The van der Waals surface area contributed by atoms with Crippen molar-refractivity contribution in [2.75, 3.05) is 18.9 Å². The van der Waals surface area contributed by atoms with E-state index in [1.807, 2.05) is 24.3 Å². The number of likely N-dealkylation sites (N-methyl/N-ethyl adjacent to an activating group) is 1. The minimum absolute atomic E-state index is 0.0841. The molecule has 3 aromatic rings. The average Bonchev–Trinajstić information content (AvgIpc) is 3.54. The molecular weight excluding hydrogens is 462 g/mol. The number of aromatic nitrogens is 3. The molecule has 0 atom stereocenters. The van der Waals surface area contributed by atoms with E-state index in [-0.39, 0.29) is 30.0 Å². The molecule has 11 nitrogen and oxygen atoms in total. The first-order valence-electron chi connectivity index (χ1n) is 11.8. The number of benzene rings is 1. The van der Waals surface area contributed by atoms with Crippen molar-refractivity contribution >= 4 is 34.3 Å². The highest BCUT2D eigenvalue weighted by Crippen LogP contribution is 2.26. The van der Waals surface area contributed by atoms with E-state index in [4.69, 9.17) is 14.7 Å². The molecule has 4 rings (SSSR count). The SMILES string of the molecule is CN/C(=C\C(=N)NC(=O)CCNc1nccc2ccc(-c3noc(C)n3)cc12)C(=O)OC1CCCC1. The molecule has 0 aliphatic heterocycles. The second kappa shape index (κ2) is 11.4. The third-order valence-electron chi connectivity index (χ3n) is 5.82. The molecule has 2 heterocycles. The first kappa shape index (κ1) is 24.8. The van der Waals surface area contributed by atoms with Gasteiger partial charge in [-0.1, -0.05) is 17.3 Å². The Kier molecular flexibility index (Phi) is 7.89. The number of fused-ring (bicyclic) bond motifs is 1. The molecule has 0 radical (unpaired) electrons. The minimum Gasteiger partial charge on any atom is -0.458 e. The molecule has 1 aliphatic rings. The summed E-state index contributed by atoms with van der Waals surface area (Å²) in [4.78, 5) is 33.3. The summed E-state index contributed by atoms with van der Waals surface area (Å²) < 4.78 is 10.5. The van der Waals surface area contributed by atoms with Crippen LogP contribution in [-0.4, -0.2) is 52.5 Å². The molecule has 188 valence electrons. The first-order valence-corrected chi connectivity index (χ1v) is 11.8. The van der Waals surface area contributed by atoms with E-state index in [0.717, 1.165) is 42.0 Å². The Balaban J connectivity index is 1.32. The molecular formula is C25H29N7O4. The minimum atomic E-state index is -0.526. The molecule has 0 unspecified atom stereocenters. The topological polar surface area (TPSA) is 155 Å². The molecule has 0 spiro atoms. The van der Waals surface area contributed by atoms with Gasteiger partial charge in [-0.05, 0) is 43.2 Å². The molecule has 1 aromatic carbocycles. The highest BCUT2D eigenvalue weighted by Gasteiger charge is 2.21. The summed E-state index contributed by atoms with van der Waals surface area (Å²) in [5.41, 5.74) is 0.915. The van der Waals surface area contributed by atoms with E-state index in [1.165, 1.54) is 6.08 Å². The second-order valence-corrected chi connectivity index (χ2v) is 8.49. The standard InChI is InChI=1S/C25H29N7O4/c1-15-30-23(32-36-15)17-8-7-16-9-11-28-24(19(16)13-17)29-12-10-22(33)31-21(26)14-20(27-2)25(34)35-18-5-3-4-6-18/h7-9,11,13-14,18,27H,3-6,10,12H2,1-2H3,(H,28,29)(H2,26,31,33)/b20-14-. The molecule has 0 bridgehead atoms. The van der Waals surface area contributed by atoms with Gasteiger partial charge in [-0.25, -0.2) is 9.78 Å². The molecule has 36 heavy (non-hydrogen) atoms. The van der Waals surface area contributed by atoms with E-state index in [0.29, 0.717) is 24.1 Å². The number of carbonyl (C=O) groups excluding carboxylic acids is 2. The van der Waals surface area contributed by atoms with Crippen molar-refractivity contribution in [3.05, 3.63) is 48.1 Å². The Morgan fingerprint density at radius 3 is 2.78 bits per heavy atom. The van der Waals surface area contributed by atoms with Crippen LogP contribution in [0.5, 0.6) is 0 Å². The maximum atomic E-state index is 12.4. The van der Waals surface area contributed by atoms with E-state index >= 15 is 0 Å². The number of rotatable bonds is 9. The first-order chi connectivity index (χ1) is 17.4. The van der Waals surface area contributed by atoms with E-state index in [2.05, 4.69) is 31.1 Å². The van der Waals surface area contributed by atoms with Crippen LogP contribution in [0.2, 0.25) is 0 Å². The lowest BCUT2D eigenvalue weighted by Crippen LogP contribution is -2.32. The van der Waals surface area contributed by atoms with Gasteiger partial charge in [0, 0.05) is 50.2 Å². The Labute approximate surface area is 208 Å². The molecule has 4 N–H and O–H groups in total. The number of esters is 1. The lowest BCUT2D eigenvalue weighted by atomic mass is 10.1. The van der Waals surface area contributed by atoms with Crippen LogP contribution in [-0.2, 0) is 14.3 Å². The fraction of sp³-hybridized carbons (Fsp3) is 0.360. The van der Waals surface area contributed by atoms with Gasteiger partial charge in [-0.15, -0.1) is 0 Å². The van der Waals surface area contributed by atoms with Crippen LogP contribution in [0, 0.1) is 12.3 Å². The van der Waals surface area contributed by atoms with E-state index in [9.17, 15) is 9.59 Å². The maximum Gasteiger partial charge on any atom is 0.354 e. The van der Waals surface area contributed by atoms with Gasteiger partial charge < -0.3 is 25.2 Å². The Morgan fingerprint density at radius 1 is 1.25 bits per heavy atom. The van der Waals surface area contributed by atoms with Crippen LogP contribution in [0.4, 0.5) is 5.82 Å². The number of ether oxygens (including phenoxy) is 1. The zero-order chi connectivity index (χ0) is 25.5. The lowest BCUT2D eigenvalue weighted by molar-refractivity contribution is -0.144. The highest BCUT2D eigenvalue weighted by molar-refractivity contribution is 6.06. The summed E-state index contributed by atoms with van der Waals surface area (Å²) in [6, 6.07) is 7.66. The van der Waals surface area contributed by atoms with Gasteiger partial charge in [-0.2, -0.15) is 4.98 Å².